The van der Waals surface area contributed by atoms with Crippen molar-refractivity contribution >= 4 is 24.2 Å². The van der Waals surface area contributed by atoms with Crippen molar-refractivity contribution in [2.45, 2.75) is 64.8 Å². The van der Waals surface area contributed by atoms with Gasteiger partial charge in [-0.15, -0.1) is 0 Å². The molecule has 0 spiro atoms. The first kappa shape index (κ1) is 15.9. The third-order valence-corrected chi connectivity index (χ3v) is 9.68. The summed E-state index contributed by atoms with van der Waals surface area (Å²) in [6.45, 7) is 13.5. The second-order valence-electron chi connectivity index (χ2n) is 7.18. The maximum atomic E-state index is 6.43. The summed E-state index contributed by atoms with van der Waals surface area (Å²) in [5, 5.41) is 0.202. The van der Waals surface area contributed by atoms with E-state index < -0.39 is 8.32 Å². The fourth-order valence-corrected chi connectivity index (χ4v) is 3.84. The van der Waals surface area contributed by atoms with Crippen molar-refractivity contribution in [1.29, 1.82) is 0 Å². The quantitative estimate of drug-likeness (QED) is 0.647. The van der Waals surface area contributed by atoms with E-state index in [1.54, 1.807) is 0 Å². The zero-order valence-corrected chi connectivity index (χ0v) is 15.9. The van der Waals surface area contributed by atoms with E-state index in [2.05, 4.69) is 62.8 Å². The molecule has 112 valence electrons. The van der Waals surface area contributed by atoms with Crippen LogP contribution in [0.4, 0.5) is 0 Å². The molecule has 1 aromatic rings. The van der Waals surface area contributed by atoms with Crippen LogP contribution in [0.3, 0.4) is 0 Å². The van der Waals surface area contributed by atoms with Crippen LogP contribution < -0.4 is 9.16 Å². The van der Waals surface area contributed by atoms with Gasteiger partial charge in [0.2, 0.25) is 0 Å². The first-order chi connectivity index (χ1) is 9.12. The first-order valence-electron chi connectivity index (χ1n) is 7.29. The maximum absolute atomic E-state index is 6.43. The Morgan fingerprint density at radius 2 is 1.95 bits per heavy atom. The van der Waals surface area contributed by atoms with Crippen LogP contribution >= 0.6 is 15.9 Å². The van der Waals surface area contributed by atoms with E-state index in [0.717, 1.165) is 28.8 Å². The van der Waals surface area contributed by atoms with Crippen molar-refractivity contribution in [3.8, 4) is 11.5 Å². The summed E-state index contributed by atoms with van der Waals surface area (Å²) in [6, 6.07) is 4.10. The number of hydrogen-bond acceptors (Lipinski definition) is 2. The molecule has 0 aromatic heterocycles. The van der Waals surface area contributed by atoms with Crippen molar-refractivity contribution < 1.29 is 9.16 Å². The van der Waals surface area contributed by atoms with Crippen LogP contribution in [0.1, 0.15) is 39.7 Å². The Balaban J connectivity index is 2.31. The average molecular weight is 357 g/mol. The maximum Gasteiger partial charge on any atom is 0.250 e. The molecule has 1 aromatic carbocycles. The summed E-state index contributed by atoms with van der Waals surface area (Å²) in [5.41, 5.74) is 1.25. The highest BCUT2D eigenvalue weighted by molar-refractivity contribution is 9.10. The standard InChI is InChI=1S/C16H25BrO2Si/c1-11-7-8-12-13(18-11)9-10-14(15(12)17)19-20(5,6)16(2,3)4/h9-11H,7-8H2,1-6H3. The van der Waals surface area contributed by atoms with Crippen LogP contribution in [0.2, 0.25) is 18.1 Å². The monoisotopic (exact) mass is 356 g/mol. The Kier molecular flexibility index (Phi) is 4.27. The largest absolute Gasteiger partial charge is 0.543 e. The number of rotatable bonds is 2. The highest BCUT2D eigenvalue weighted by Gasteiger charge is 2.39. The van der Waals surface area contributed by atoms with E-state index in [9.17, 15) is 0 Å². The third-order valence-electron chi connectivity index (χ3n) is 4.47. The predicted octanol–water partition coefficient (Wildman–Crippen LogP) is 5.55. The SMILES string of the molecule is CC1CCc2c(ccc(O[Si](C)(C)C(C)(C)C)c2Br)O1. The predicted molar refractivity (Wildman–Crippen MR) is 90.4 cm³/mol. The van der Waals surface area contributed by atoms with Gasteiger partial charge in [0.05, 0.1) is 10.6 Å². The fourth-order valence-electron chi connectivity index (χ4n) is 2.06. The summed E-state index contributed by atoms with van der Waals surface area (Å²) in [6.07, 6.45) is 2.42. The highest BCUT2D eigenvalue weighted by Crippen LogP contribution is 2.43. The lowest BCUT2D eigenvalue weighted by molar-refractivity contribution is 0.192. The molecule has 0 amide bonds. The Morgan fingerprint density at radius 1 is 1.30 bits per heavy atom. The Hall–Kier alpha value is -0.483. The molecule has 0 radical (unpaired) electrons. The van der Waals surface area contributed by atoms with Gasteiger partial charge in [-0.3, -0.25) is 0 Å². The Morgan fingerprint density at radius 3 is 2.55 bits per heavy atom. The van der Waals surface area contributed by atoms with Crippen LogP contribution in [0.25, 0.3) is 0 Å². The lowest BCUT2D eigenvalue weighted by Gasteiger charge is -2.37. The lowest BCUT2D eigenvalue weighted by Crippen LogP contribution is -2.44. The third kappa shape index (κ3) is 3.06. The first-order valence-corrected chi connectivity index (χ1v) is 11.0. The molecule has 1 unspecified atom stereocenters. The molecule has 1 atom stereocenters. The van der Waals surface area contributed by atoms with Gasteiger partial charge in [-0.25, -0.2) is 0 Å². The van der Waals surface area contributed by atoms with Gasteiger partial charge in [0, 0.05) is 5.56 Å². The molecule has 0 bridgehead atoms. The number of ether oxygens (including phenoxy) is 1. The van der Waals surface area contributed by atoms with E-state index >= 15 is 0 Å². The smallest absolute Gasteiger partial charge is 0.250 e. The molecular weight excluding hydrogens is 332 g/mol. The van der Waals surface area contributed by atoms with Crippen molar-refractivity contribution in [2.75, 3.05) is 0 Å². The molecule has 1 heterocycles. The molecule has 0 N–H and O–H groups in total. The highest BCUT2D eigenvalue weighted by atomic mass is 79.9. The van der Waals surface area contributed by atoms with E-state index in [4.69, 9.17) is 9.16 Å². The van der Waals surface area contributed by atoms with E-state index in [1.165, 1.54) is 5.56 Å². The molecule has 2 rings (SSSR count). The normalized spacial score (nSPS) is 19.2. The Bertz CT molecular complexity index is 506. The molecule has 1 aliphatic rings. The molecule has 1 aliphatic heterocycles. The molecular formula is C16H25BrO2Si. The molecule has 0 saturated carbocycles. The van der Waals surface area contributed by atoms with Gasteiger partial charge < -0.3 is 9.16 Å². The van der Waals surface area contributed by atoms with Crippen LogP contribution in [0.15, 0.2) is 16.6 Å². The van der Waals surface area contributed by atoms with Gasteiger partial charge in [-0.05, 0) is 66.0 Å². The van der Waals surface area contributed by atoms with Gasteiger partial charge in [0.15, 0.2) is 0 Å². The van der Waals surface area contributed by atoms with Gasteiger partial charge in [-0.2, -0.15) is 0 Å². The van der Waals surface area contributed by atoms with E-state index in [1.807, 2.05) is 6.07 Å². The van der Waals surface area contributed by atoms with Crippen molar-refractivity contribution in [2.24, 2.45) is 0 Å². The van der Waals surface area contributed by atoms with E-state index in [0.29, 0.717) is 6.10 Å². The zero-order valence-electron chi connectivity index (χ0n) is 13.3. The zero-order chi connectivity index (χ0) is 15.1. The minimum Gasteiger partial charge on any atom is -0.543 e. The molecule has 20 heavy (non-hydrogen) atoms. The second-order valence-corrected chi connectivity index (χ2v) is 12.7. The molecule has 0 aliphatic carbocycles. The fraction of sp³-hybridized carbons (Fsp3) is 0.625. The Labute approximate surface area is 132 Å². The number of benzene rings is 1. The van der Waals surface area contributed by atoms with Crippen molar-refractivity contribution in [3.05, 3.63) is 22.2 Å². The number of halogens is 1. The van der Waals surface area contributed by atoms with Gasteiger partial charge in [0.1, 0.15) is 11.5 Å². The minimum atomic E-state index is -1.81. The van der Waals surface area contributed by atoms with E-state index in [-0.39, 0.29) is 5.04 Å². The van der Waals surface area contributed by atoms with Crippen molar-refractivity contribution in [1.82, 2.24) is 0 Å². The lowest BCUT2D eigenvalue weighted by atomic mass is 10.0. The van der Waals surface area contributed by atoms with Crippen LogP contribution in [-0.2, 0) is 6.42 Å². The van der Waals surface area contributed by atoms with Gasteiger partial charge in [0.25, 0.3) is 8.32 Å². The molecule has 0 fully saturated rings. The topological polar surface area (TPSA) is 18.5 Å². The van der Waals surface area contributed by atoms with Crippen molar-refractivity contribution in [3.63, 3.8) is 0 Å². The van der Waals surface area contributed by atoms with Gasteiger partial charge >= 0.3 is 0 Å². The number of hydrogen-bond donors (Lipinski definition) is 0. The van der Waals surface area contributed by atoms with Gasteiger partial charge in [-0.1, -0.05) is 20.8 Å². The van der Waals surface area contributed by atoms with Crippen LogP contribution in [0.5, 0.6) is 11.5 Å². The van der Waals surface area contributed by atoms with Crippen LogP contribution in [-0.4, -0.2) is 14.4 Å². The summed E-state index contributed by atoms with van der Waals surface area (Å²) >= 11 is 3.72. The summed E-state index contributed by atoms with van der Waals surface area (Å²) < 4.78 is 13.4. The average Bonchev–Trinajstić information content (AvgIpc) is 2.31. The molecule has 4 heteroatoms. The summed E-state index contributed by atoms with van der Waals surface area (Å²) in [4.78, 5) is 0. The minimum absolute atomic E-state index is 0.202. The summed E-state index contributed by atoms with van der Waals surface area (Å²) in [7, 11) is -1.81. The molecule has 2 nitrogen and oxygen atoms in total. The molecule has 0 saturated heterocycles. The van der Waals surface area contributed by atoms with Crippen LogP contribution in [0, 0.1) is 0 Å². The second kappa shape index (κ2) is 5.37. The summed E-state index contributed by atoms with van der Waals surface area (Å²) in [5.74, 6) is 1.96. The number of fused-ring (bicyclic) bond motifs is 1.